The Labute approximate surface area is 175 Å². The van der Waals surface area contributed by atoms with Crippen LogP contribution in [0.3, 0.4) is 0 Å². The van der Waals surface area contributed by atoms with Gasteiger partial charge in [0.15, 0.2) is 5.82 Å². The van der Waals surface area contributed by atoms with Gasteiger partial charge in [0.2, 0.25) is 6.41 Å². The first-order chi connectivity index (χ1) is 13.7. The summed E-state index contributed by atoms with van der Waals surface area (Å²) in [4.78, 5) is 18.0. The van der Waals surface area contributed by atoms with Gasteiger partial charge in [-0.05, 0) is 53.9 Å². The number of halogens is 1. The SMILES string of the molecule is CC(C)c1ccc(N(C=O)c2cccnc2Nc2ccc3cn[nH]c3c2)cc1.Cl. The van der Waals surface area contributed by atoms with E-state index in [1.807, 2.05) is 54.6 Å². The minimum Gasteiger partial charge on any atom is -0.338 e. The molecular formula is C22H22ClN5O. The summed E-state index contributed by atoms with van der Waals surface area (Å²) in [6.45, 7) is 4.29. The second-order valence-corrected chi connectivity index (χ2v) is 6.89. The molecule has 4 aromatic rings. The highest BCUT2D eigenvalue weighted by molar-refractivity contribution is 5.92. The first kappa shape index (κ1) is 20.4. The topological polar surface area (TPSA) is 73.9 Å². The number of pyridine rings is 1. The first-order valence-electron chi connectivity index (χ1n) is 9.15. The van der Waals surface area contributed by atoms with Crippen LogP contribution in [-0.2, 0) is 4.79 Å². The third-order valence-electron chi connectivity index (χ3n) is 4.69. The van der Waals surface area contributed by atoms with Crippen LogP contribution in [-0.4, -0.2) is 21.6 Å². The molecule has 0 fully saturated rings. The standard InChI is InChI=1S/C22H21N5O.ClH/c1-15(2)16-6-9-19(10-7-16)27(14-28)21-4-3-11-23-22(21)25-18-8-5-17-13-24-26-20(17)12-18;/h3-15H,1-2H3,(H,23,25)(H,24,26);1H. The van der Waals surface area contributed by atoms with Crippen molar-refractivity contribution in [1.29, 1.82) is 0 Å². The first-order valence-corrected chi connectivity index (χ1v) is 9.15. The van der Waals surface area contributed by atoms with Crippen LogP contribution in [0.2, 0.25) is 0 Å². The van der Waals surface area contributed by atoms with Crippen LogP contribution >= 0.6 is 12.4 Å². The quantitative estimate of drug-likeness (QED) is 0.411. The summed E-state index contributed by atoms with van der Waals surface area (Å²) in [7, 11) is 0. The van der Waals surface area contributed by atoms with Crippen LogP contribution in [0.4, 0.5) is 22.9 Å². The molecule has 0 aliphatic rings. The number of nitrogens with one attached hydrogen (secondary N) is 2. The molecule has 2 aromatic carbocycles. The number of fused-ring (bicyclic) bond motifs is 1. The molecule has 0 bridgehead atoms. The smallest absolute Gasteiger partial charge is 0.218 e. The van der Waals surface area contributed by atoms with Gasteiger partial charge >= 0.3 is 0 Å². The molecule has 0 saturated heterocycles. The average Bonchev–Trinajstić information content (AvgIpc) is 3.18. The lowest BCUT2D eigenvalue weighted by Gasteiger charge is -2.21. The van der Waals surface area contributed by atoms with Gasteiger partial charge in [0.25, 0.3) is 0 Å². The number of aromatic nitrogens is 3. The molecule has 2 N–H and O–H groups in total. The average molecular weight is 408 g/mol. The van der Waals surface area contributed by atoms with Crippen molar-refractivity contribution in [2.45, 2.75) is 19.8 Å². The third kappa shape index (κ3) is 4.22. The molecule has 0 aliphatic heterocycles. The van der Waals surface area contributed by atoms with E-state index in [-0.39, 0.29) is 12.4 Å². The molecular weight excluding hydrogens is 386 g/mol. The molecule has 0 unspecified atom stereocenters. The number of benzene rings is 2. The van der Waals surface area contributed by atoms with E-state index in [1.54, 1.807) is 17.3 Å². The zero-order valence-corrected chi connectivity index (χ0v) is 17.0. The van der Waals surface area contributed by atoms with Crippen LogP contribution in [0, 0.1) is 0 Å². The van der Waals surface area contributed by atoms with Gasteiger partial charge in [-0.2, -0.15) is 5.10 Å². The molecule has 0 aliphatic carbocycles. The van der Waals surface area contributed by atoms with Gasteiger partial charge in [0, 0.05) is 23.0 Å². The molecule has 1 amide bonds. The largest absolute Gasteiger partial charge is 0.338 e. The fraction of sp³-hybridized carbons (Fsp3) is 0.136. The van der Waals surface area contributed by atoms with E-state index < -0.39 is 0 Å². The fourth-order valence-electron chi connectivity index (χ4n) is 3.12. The lowest BCUT2D eigenvalue weighted by Crippen LogP contribution is -2.16. The Bertz CT molecular complexity index is 1110. The van der Waals surface area contributed by atoms with Crippen molar-refractivity contribution in [2.24, 2.45) is 0 Å². The summed E-state index contributed by atoms with van der Waals surface area (Å²) < 4.78 is 0. The Kier molecular flexibility index (Phi) is 6.14. The van der Waals surface area contributed by atoms with Crippen LogP contribution in [0.5, 0.6) is 0 Å². The monoisotopic (exact) mass is 407 g/mol. The number of H-pyrrole nitrogens is 1. The summed E-state index contributed by atoms with van der Waals surface area (Å²) in [5.74, 6) is 1.04. The van der Waals surface area contributed by atoms with Gasteiger partial charge in [-0.25, -0.2) is 4.98 Å². The van der Waals surface area contributed by atoms with Gasteiger partial charge in [-0.1, -0.05) is 26.0 Å². The van der Waals surface area contributed by atoms with E-state index in [9.17, 15) is 4.79 Å². The molecule has 7 heteroatoms. The van der Waals surface area contributed by atoms with Crippen LogP contribution < -0.4 is 10.2 Å². The van der Waals surface area contributed by atoms with E-state index in [0.717, 1.165) is 28.7 Å². The lowest BCUT2D eigenvalue weighted by molar-refractivity contribution is -0.106. The molecule has 2 heterocycles. The number of amides is 1. The molecule has 4 rings (SSSR count). The molecule has 148 valence electrons. The second-order valence-electron chi connectivity index (χ2n) is 6.89. The van der Waals surface area contributed by atoms with Crippen LogP contribution in [0.25, 0.3) is 10.9 Å². The van der Waals surface area contributed by atoms with Crippen molar-refractivity contribution in [3.63, 3.8) is 0 Å². The highest BCUT2D eigenvalue weighted by Gasteiger charge is 2.14. The van der Waals surface area contributed by atoms with E-state index in [2.05, 4.69) is 34.3 Å². The summed E-state index contributed by atoms with van der Waals surface area (Å²) in [5, 5.41) is 11.3. The zero-order chi connectivity index (χ0) is 19.5. The van der Waals surface area contributed by atoms with Gasteiger partial charge in [-0.15, -0.1) is 12.4 Å². The van der Waals surface area contributed by atoms with Crippen LogP contribution in [0.1, 0.15) is 25.3 Å². The number of anilines is 4. The Hall–Kier alpha value is -3.38. The maximum Gasteiger partial charge on any atom is 0.218 e. The van der Waals surface area contributed by atoms with E-state index >= 15 is 0 Å². The number of hydrogen-bond acceptors (Lipinski definition) is 4. The van der Waals surface area contributed by atoms with Crippen molar-refractivity contribution < 1.29 is 4.79 Å². The van der Waals surface area contributed by atoms with Crippen molar-refractivity contribution in [3.8, 4) is 0 Å². The molecule has 0 atom stereocenters. The molecule has 0 spiro atoms. The third-order valence-corrected chi connectivity index (χ3v) is 4.69. The summed E-state index contributed by atoms with van der Waals surface area (Å²) >= 11 is 0. The predicted molar refractivity (Wildman–Crippen MR) is 120 cm³/mol. The Morgan fingerprint density at radius 3 is 2.62 bits per heavy atom. The van der Waals surface area contributed by atoms with Gasteiger partial charge in [-0.3, -0.25) is 14.8 Å². The van der Waals surface area contributed by atoms with E-state index in [1.165, 1.54) is 5.56 Å². The molecule has 0 radical (unpaired) electrons. The maximum absolute atomic E-state index is 11.9. The number of aromatic amines is 1. The maximum atomic E-state index is 11.9. The zero-order valence-electron chi connectivity index (χ0n) is 16.2. The summed E-state index contributed by atoms with van der Waals surface area (Å²) in [6, 6.07) is 17.6. The normalized spacial score (nSPS) is 10.6. The highest BCUT2D eigenvalue weighted by atomic mass is 35.5. The van der Waals surface area contributed by atoms with E-state index in [4.69, 9.17) is 0 Å². The fourth-order valence-corrected chi connectivity index (χ4v) is 3.12. The van der Waals surface area contributed by atoms with Crippen molar-refractivity contribution in [3.05, 3.63) is 72.6 Å². The minimum absolute atomic E-state index is 0. The predicted octanol–water partition coefficient (Wildman–Crippen LogP) is 5.54. The Morgan fingerprint density at radius 2 is 1.90 bits per heavy atom. The molecule has 0 saturated carbocycles. The lowest BCUT2D eigenvalue weighted by atomic mass is 10.0. The number of carbonyl (C=O) groups is 1. The minimum atomic E-state index is 0. The Balaban J connectivity index is 0.00000240. The highest BCUT2D eigenvalue weighted by Crippen LogP contribution is 2.32. The molecule has 6 nitrogen and oxygen atoms in total. The van der Waals surface area contributed by atoms with Crippen molar-refractivity contribution in [2.75, 3.05) is 10.2 Å². The second kappa shape index (κ2) is 8.75. The number of rotatable bonds is 6. The van der Waals surface area contributed by atoms with Gasteiger partial charge in [0.05, 0.1) is 17.4 Å². The van der Waals surface area contributed by atoms with Gasteiger partial charge < -0.3 is 5.32 Å². The molecule has 29 heavy (non-hydrogen) atoms. The number of carbonyl (C=O) groups excluding carboxylic acids is 1. The summed E-state index contributed by atoms with van der Waals surface area (Å²) in [5.41, 5.74) is 4.49. The van der Waals surface area contributed by atoms with Crippen molar-refractivity contribution in [1.82, 2.24) is 15.2 Å². The Morgan fingerprint density at radius 1 is 1.10 bits per heavy atom. The molecule has 2 aromatic heterocycles. The van der Waals surface area contributed by atoms with Gasteiger partial charge in [0.1, 0.15) is 0 Å². The number of hydrogen-bond donors (Lipinski definition) is 2. The van der Waals surface area contributed by atoms with Crippen molar-refractivity contribution >= 4 is 52.6 Å². The van der Waals surface area contributed by atoms with Crippen LogP contribution in [0.15, 0.2) is 67.0 Å². The number of nitrogens with zero attached hydrogens (tertiary/aromatic N) is 3. The summed E-state index contributed by atoms with van der Waals surface area (Å²) in [6.07, 6.45) is 4.29. The van der Waals surface area contributed by atoms with E-state index in [0.29, 0.717) is 17.4 Å².